The maximum Gasteiger partial charge on any atom is 0.0800 e. The van der Waals surface area contributed by atoms with E-state index in [1.807, 2.05) is 24.3 Å². The monoisotopic (exact) mass is 416 g/mol. The van der Waals surface area contributed by atoms with Crippen LogP contribution in [0.3, 0.4) is 0 Å². The van der Waals surface area contributed by atoms with Gasteiger partial charge in [-0.1, -0.05) is 58.5 Å². The van der Waals surface area contributed by atoms with Crippen molar-refractivity contribution in [3.8, 4) is 11.1 Å². The van der Waals surface area contributed by atoms with Crippen LogP contribution in [-0.4, -0.2) is 0 Å². The van der Waals surface area contributed by atoms with Crippen molar-refractivity contribution in [3.63, 3.8) is 0 Å². The number of hydrogen-bond acceptors (Lipinski definition) is 0. The Bertz CT molecular complexity index is 564. The molecule has 0 saturated carbocycles. The third-order valence-corrected chi connectivity index (χ3v) is 4.73. The van der Waals surface area contributed by atoms with Crippen LogP contribution in [0.25, 0.3) is 11.1 Å². The first-order chi connectivity index (χ1) is 8.00. The van der Waals surface area contributed by atoms with E-state index in [2.05, 4.69) is 22.6 Å². The molecule has 0 unspecified atom stereocenters. The molecule has 0 bridgehead atoms. The highest BCUT2D eigenvalue weighted by molar-refractivity contribution is 14.1. The fourth-order valence-electron chi connectivity index (χ4n) is 1.41. The lowest BCUT2D eigenvalue weighted by molar-refractivity contribution is 1.59. The zero-order chi connectivity index (χ0) is 12.6. The first-order valence-electron chi connectivity index (χ1n) is 4.59. The molecule has 0 heterocycles. The van der Waals surface area contributed by atoms with Crippen molar-refractivity contribution in [2.45, 2.75) is 0 Å². The Kier molecular flexibility index (Phi) is 4.48. The Labute approximate surface area is 133 Å². The summed E-state index contributed by atoms with van der Waals surface area (Å²) in [6.07, 6.45) is 0. The van der Waals surface area contributed by atoms with Gasteiger partial charge in [-0.25, -0.2) is 0 Å². The first-order valence-corrected chi connectivity index (χ1v) is 7.18. The molecule has 0 amide bonds. The maximum absolute atomic E-state index is 6.17. The van der Waals surface area contributed by atoms with Crippen molar-refractivity contribution in [2.24, 2.45) is 0 Å². The third kappa shape index (κ3) is 2.85. The number of benzene rings is 2. The molecule has 17 heavy (non-hydrogen) atoms. The van der Waals surface area contributed by atoms with Gasteiger partial charge in [0.05, 0.1) is 20.1 Å². The van der Waals surface area contributed by atoms with Crippen molar-refractivity contribution in [1.29, 1.82) is 0 Å². The molecule has 0 radical (unpaired) electrons. The predicted molar refractivity (Wildman–Crippen MR) is 84.6 cm³/mol. The first kappa shape index (κ1) is 13.8. The summed E-state index contributed by atoms with van der Waals surface area (Å²) in [6, 6.07) is 9.62. The summed E-state index contributed by atoms with van der Waals surface area (Å²) in [5, 5.41) is 1.39. The summed E-state index contributed by atoms with van der Waals surface area (Å²) in [6.45, 7) is 0. The van der Waals surface area contributed by atoms with Crippen LogP contribution < -0.4 is 0 Å². The summed E-state index contributed by atoms with van der Waals surface area (Å²) >= 11 is 26.3. The van der Waals surface area contributed by atoms with Crippen LogP contribution in [-0.2, 0) is 0 Å². The molecule has 0 N–H and O–H groups in total. The largest absolute Gasteiger partial charge is 0.0826 e. The molecule has 0 aliphatic carbocycles. The van der Waals surface area contributed by atoms with E-state index in [1.165, 1.54) is 0 Å². The fraction of sp³-hybridized carbons (Fsp3) is 0. The molecule has 2 rings (SSSR count). The molecule has 2 aromatic rings. The van der Waals surface area contributed by atoms with Gasteiger partial charge in [0.25, 0.3) is 0 Å². The lowest BCUT2D eigenvalue weighted by Crippen LogP contribution is -1.84. The van der Waals surface area contributed by atoms with E-state index in [0.717, 1.165) is 14.7 Å². The highest BCUT2D eigenvalue weighted by Gasteiger charge is 2.14. The quantitative estimate of drug-likeness (QED) is 0.279. The van der Waals surface area contributed by atoms with Crippen LogP contribution in [0.2, 0.25) is 20.1 Å². The van der Waals surface area contributed by atoms with Gasteiger partial charge in [-0.2, -0.15) is 0 Å². The molecule has 0 aromatic heterocycles. The van der Waals surface area contributed by atoms with Crippen molar-refractivity contribution in [2.75, 3.05) is 0 Å². The van der Waals surface area contributed by atoms with E-state index in [0.29, 0.717) is 10.0 Å². The molecule has 0 aliphatic rings. The van der Waals surface area contributed by atoms with Gasteiger partial charge in [0.1, 0.15) is 0 Å². The molecule has 0 spiro atoms. The van der Waals surface area contributed by atoms with Crippen molar-refractivity contribution >= 4 is 69.0 Å². The molecule has 0 saturated heterocycles. The van der Waals surface area contributed by atoms with E-state index in [4.69, 9.17) is 46.4 Å². The van der Waals surface area contributed by atoms with Crippen molar-refractivity contribution in [3.05, 3.63) is 54.0 Å². The van der Waals surface area contributed by atoms with Crippen LogP contribution in [0, 0.1) is 3.57 Å². The summed E-state index contributed by atoms with van der Waals surface area (Å²) in [4.78, 5) is 0. The van der Waals surface area contributed by atoms with Gasteiger partial charge in [-0.3, -0.25) is 0 Å². The summed E-state index contributed by atoms with van der Waals surface area (Å²) < 4.78 is 1.15. The smallest absolute Gasteiger partial charge is 0.0800 e. The Hall–Kier alpha value is 0.330. The van der Waals surface area contributed by atoms with Gasteiger partial charge in [0.15, 0.2) is 0 Å². The highest BCUT2D eigenvalue weighted by Crippen LogP contribution is 2.42. The van der Waals surface area contributed by atoms with Gasteiger partial charge in [-0.15, -0.1) is 0 Å². The normalized spacial score (nSPS) is 10.6. The highest BCUT2D eigenvalue weighted by atomic mass is 127. The summed E-state index contributed by atoms with van der Waals surface area (Å²) in [5.74, 6) is 0. The summed E-state index contributed by atoms with van der Waals surface area (Å²) in [5.41, 5.74) is 1.73. The SMILES string of the molecule is Clc1cc(-c2ccc(I)cc2)c(Cl)c(Cl)c1Cl. The van der Waals surface area contributed by atoms with Gasteiger partial charge < -0.3 is 0 Å². The van der Waals surface area contributed by atoms with E-state index >= 15 is 0 Å². The minimum Gasteiger partial charge on any atom is -0.0826 e. The Balaban J connectivity index is 2.64. The molecule has 5 heteroatoms. The van der Waals surface area contributed by atoms with E-state index in [9.17, 15) is 0 Å². The predicted octanol–water partition coefficient (Wildman–Crippen LogP) is 6.57. The van der Waals surface area contributed by atoms with Gasteiger partial charge >= 0.3 is 0 Å². The number of rotatable bonds is 1. The second kappa shape index (κ2) is 5.54. The average Bonchev–Trinajstić information content (AvgIpc) is 2.32. The standard InChI is InChI=1S/C12H5Cl4I/c13-9-5-8(10(14)12(16)11(9)15)6-1-3-7(17)4-2-6/h1-5H. The Morgan fingerprint density at radius 2 is 1.35 bits per heavy atom. The second-order valence-electron chi connectivity index (χ2n) is 3.35. The van der Waals surface area contributed by atoms with E-state index in [1.54, 1.807) is 6.07 Å². The molecule has 2 aromatic carbocycles. The van der Waals surface area contributed by atoms with Crippen LogP contribution in [0.1, 0.15) is 0 Å². The molecule has 0 aliphatic heterocycles. The lowest BCUT2D eigenvalue weighted by Gasteiger charge is -2.09. The van der Waals surface area contributed by atoms with Crippen LogP contribution >= 0.6 is 69.0 Å². The number of halogens is 5. The third-order valence-electron chi connectivity index (χ3n) is 2.26. The molecular formula is C12H5Cl4I. The zero-order valence-corrected chi connectivity index (χ0v) is 13.5. The number of hydrogen-bond donors (Lipinski definition) is 0. The van der Waals surface area contributed by atoms with Crippen LogP contribution in [0.4, 0.5) is 0 Å². The zero-order valence-electron chi connectivity index (χ0n) is 8.28. The van der Waals surface area contributed by atoms with E-state index in [-0.39, 0.29) is 10.0 Å². The Morgan fingerprint density at radius 3 is 1.94 bits per heavy atom. The topological polar surface area (TPSA) is 0 Å². The molecule has 0 fully saturated rings. The Morgan fingerprint density at radius 1 is 0.765 bits per heavy atom. The second-order valence-corrected chi connectivity index (χ2v) is 6.14. The van der Waals surface area contributed by atoms with E-state index < -0.39 is 0 Å². The van der Waals surface area contributed by atoms with Crippen molar-refractivity contribution in [1.82, 2.24) is 0 Å². The molecule has 0 atom stereocenters. The summed E-state index contributed by atoms with van der Waals surface area (Å²) in [7, 11) is 0. The van der Waals surface area contributed by atoms with Gasteiger partial charge in [0.2, 0.25) is 0 Å². The van der Waals surface area contributed by atoms with Crippen LogP contribution in [0.15, 0.2) is 30.3 Å². The van der Waals surface area contributed by atoms with Crippen molar-refractivity contribution < 1.29 is 0 Å². The maximum atomic E-state index is 6.17. The minimum absolute atomic E-state index is 0.285. The fourth-order valence-corrected chi connectivity index (χ4v) is 2.68. The lowest BCUT2D eigenvalue weighted by atomic mass is 10.1. The molecule has 88 valence electrons. The minimum atomic E-state index is 0.285. The molecule has 0 nitrogen and oxygen atoms in total. The van der Waals surface area contributed by atoms with Gasteiger partial charge in [-0.05, 0) is 46.4 Å². The average molecular weight is 418 g/mol. The van der Waals surface area contributed by atoms with Crippen LogP contribution in [0.5, 0.6) is 0 Å². The molecular weight excluding hydrogens is 413 g/mol. The van der Waals surface area contributed by atoms with Gasteiger partial charge in [0, 0.05) is 9.13 Å².